The summed E-state index contributed by atoms with van der Waals surface area (Å²) in [7, 11) is -3.08. The Morgan fingerprint density at radius 2 is 2.04 bits per heavy atom. The summed E-state index contributed by atoms with van der Waals surface area (Å²) in [6.07, 6.45) is 1.47. The second-order valence-electron chi connectivity index (χ2n) is 4.88. The summed E-state index contributed by atoms with van der Waals surface area (Å²) in [6.45, 7) is 0. The number of carbonyl (C=O) groups excluding carboxylic acids is 1. The Morgan fingerprint density at radius 3 is 2.79 bits per heavy atom. The third-order valence-electron chi connectivity index (χ3n) is 3.31. The summed E-state index contributed by atoms with van der Waals surface area (Å²) < 4.78 is 45.6. The van der Waals surface area contributed by atoms with Gasteiger partial charge in [0, 0.05) is 0 Å². The van der Waals surface area contributed by atoms with Crippen molar-refractivity contribution >= 4 is 32.7 Å². The highest BCUT2D eigenvalue weighted by Crippen LogP contribution is 2.22. The molecule has 0 radical (unpaired) electrons. The molecular formula is C15H12FN3O4S. The van der Waals surface area contributed by atoms with Crippen LogP contribution in [0.3, 0.4) is 0 Å². The molecule has 0 spiro atoms. The zero-order valence-electron chi connectivity index (χ0n) is 12.4. The van der Waals surface area contributed by atoms with Crippen molar-refractivity contribution in [3.8, 4) is 0 Å². The van der Waals surface area contributed by atoms with Crippen LogP contribution >= 0.6 is 0 Å². The molecule has 124 valence electrons. The number of methoxy groups -OCH3 is 1. The summed E-state index contributed by atoms with van der Waals surface area (Å²) in [5, 5.41) is 0. The van der Waals surface area contributed by atoms with Crippen LogP contribution in [0.2, 0.25) is 0 Å². The van der Waals surface area contributed by atoms with E-state index in [1.807, 2.05) is 0 Å². The maximum absolute atomic E-state index is 14.0. The van der Waals surface area contributed by atoms with Crippen molar-refractivity contribution in [2.75, 3.05) is 11.8 Å². The van der Waals surface area contributed by atoms with Crippen molar-refractivity contribution in [2.45, 2.75) is 4.90 Å². The van der Waals surface area contributed by atoms with Crippen LogP contribution in [0.15, 0.2) is 47.6 Å². The number of carbonyl (C=O) groups is 1. The summed E-state index contributed by atoms with van der Waals surface area (Å²) >= 11 is 0. The summed E-state index contributed by atoms with van der Waals surface area (Å²) in [5.41, 5.74) is 1.45. The number of aromatic amines is 1. The van der Waals surface area contributed by atoms with Crippen LogP contribution in [0.5, 0.6) is 0 Å². The molecule has 7 nitrogen and oxygen atoms in total. The first-order chi connectivity index (χ1) is 11.4. The first-order valence-corrected chi connectivity index (χ1v) is 8.23. The van der Waals surface area contributed by atoms with Gasteiger partial charge in [-0.3, -0.25) is 4.72 Å². The molecule has 3 aromatic rings. The molecule has 2 N–H and O–H groups in total. The van der Waals surface area contributed by atoms with Gasteiger partial charge in [-0.25, -0.2) is 22.6 Å². The number of H-pyrrole nitrogens is 1. The van der Waals surface area contributed by atoms with Crippen molar-refractivity contribution in [1.82, 2.24) is 9.97 Å². The Bertz CT molecular complexity index is 1030. The van der Waals surface area contributed by atoms with Gasteiger partial charge < -0.3 is 9.72 Å². The number of anilines is 1. The Labute approximate surface area is 136 Å². The SMILES string of the molecule is COC(=O)c1ccc(F)c(S(=O)(=O)Nc2ccc3nc[nH]c3c2)c1. The van der Waals surface area contributed by atoms with E-state index in [0.29, 0.717) is 11.0 Å². The molecule has 0 saturated carbocycles. The number of ether oxygens (including phenoxy) is 1. The van der Waals surface area contributed by atoms with E-state index in [1.54, 1.807) is 6.07 Å². The van der Waals surface area contributed by atoms with Gasteiger partial charge >= 0.3 is 5.97 Å². The monoisotopic (exact) mass is 349 g/mol. The zero-order valence-corrected chi connectivity index (χ0v) is 13.2. The second-order valence-corrected chi connectivity index (χ2v) is 6.53. The van der Waals surface area contributed by atoms with Crippen molar-refractivity contribution in [2.24, 2.45) is 0 Å². The number of imidazole rings is 1. The number of hydrogen-bond acceptors (Lipinski definition) is 5. The number of sulfonamides is 1. The standard InChI is InChI=1S/C15H12FN3O4S/c1-23-15(20)9-2-4-11(16)14(6-9)24(21,22)19-10-3-5-12-13(7-10)18-8-17-12/h2-8,19H,1H3,(H,17,18). The third-order valence-corrected chi connectivity index (χ3v) is 4.71. The number of rotatable bonds is 4. The molecule has 0 amide bonds. The van der Waals surface area contributed by atoms with Gasteiger partial charge in [0.25, 0.3) is 10.0 Å². The minimum absolute atomic E-state index is 0.0664. The molecule has 0 fully saturated rings. The smallest absolute Gasteiger partial charge is 0.337 e. The molecule has 0 aliphatic heterocycles. The molecular weight excluding hydrogens is 337 g/mol. The number of fused-ring (bicyclic) bond motifs is 1. The van der Waals surface area contributed by atoms with E-state index in [1.165, 1.54) is 18.5 Å². The fourth-order valence-electron chi connectivity index (χ4n) is 2.16. The van der Waals surface area contributed by atoms with Gasteiger partial charge in [-0.05, 0) is 36.4 Å². The van der Waals surface area contributed by atoms with Crippen molar-refractivity contribution < 1.29 is 22.3 Å². The Balaban J connectivity index is 1.99. The minimum atomic E-state index is -4.23. The molecule has 0 aliphatic carbocycles. The highest BCUT2D eigenvalue weighted by atomic mass is 32.2. The van der Waals surface area contributed by atoms with Gasteiger partial charge in [-0.2, -0.15) is 0 Å². The first-order valence-electron chi connectivity index (χ1n) is 6.74. The lowest BCUT2D eigenvalue weighted by molar-refractivity contribution is 0.0600. The normalized spacial score (nSPS) is 11.4. The van der Waals surface area contributed by atoms with Crippen molar-refractivity contribution in [3.05, 3.63) is 54.1 Å². The van der Waals surface area contributed by atoms with E-state index in [2.05, 4.69) is 19.4 Å². The molecule has 24 heavy (non-hydrogen) atoms. The molecule has 0 bridgehead atoms. The fourth-order valence-corrected chi connectivity index (χ4v) is 3.32. The topological polar surface area (TPSA) is 101 Å². The van der Waals surface area contributed by atoms with Gasteiger partial charge in [0.1, 0.15) is 10.7 Å². The molecule has 1 heterocycles. The molecule has 2 aromatic carbocycles. The molecule has 3 rings (SSSR count). The number of benzene rings is 2. The maximum Gasteiger partial charge on any atom is 0.337 e. The number of halogens is 1. The average molecular weight is 349 g/mol. The minimum Gasteiger partial charge on any atom is -0.465 e. The summed E-state index contributed by atoms with van der Waals surface area (Å²) in [6, 6.07) is 7.63. The van der Waals surface area contributed by atoms with Gasteiger partial charge in [-0.1, -0.05) is 0 Å². The lowest BCUT2D eigenvalue weighted by atomic mass is 10.2. The van der Waals surface area contributed by atoms with Gasteiger partial charge in [-0.15, -0.1) is 0 Å². The number of hydrogen-bond donors (Lipinski definition) is 2. The van der Waals surface area contributed by atoms with E-state index in [4.69, 9.17) is 0 Å². The van der Waals surface area contributed by atoms with Crippen LogP contribution < -0.4 is 4.72 Å². The Morgan fingerprint density at radius 1 is 1.25 bits per heavy atom. The van der Waals surface area contributed by atoms with E-state index in [9.17, 15) is 17.6 Å². The quantitative estimate of drug-likeness (QED) is 0.704. The van der Waals surface area contributed by atoms with E-state index in [0.717, 1.165) is 25.3 Å². The number of aromatic nitrogens is 2. The molecule has 0 atom stereocenters. The van der Waals surface area contributed by atoms with Gasteiger partial charge in [0.2, 0.25) is 0 Å². The molecule has 9 heteroatoms. The maximum atomic E-state index is 14.0. The number of nitrogens with one attached hydrogen (secondary N) is 2. The van der Waals surface area contributed by atoms with Crippen LogP contribution in [-0.4, -0.2) is 31.5 Å². The Kier molecular flexibility index (Phi) is 3.94. The van der Waals surface area contributed by atoms with Gasteiger partial charge in [0.05, 0.1) is 35.7 Å². The van der Waals surface area contributed by atoms with Crippen molar-refractivity contribution in [1.29, 1.82) is 0 Å². The first kappa shape index (κ1) is 15.9. The predicted octanol–water partition coefficient (Wildman–Crippen LogP) is 2.29. The highest BCUT2D eigenvalue weighted by molar-refractivity contribution is 7.92. The van der Waals surface area contributed by atoms with E-state index < -0.39 is 26.7 Å². The summed E-state index contributed by atoms with van der Waals surface area (Å²) in [5.74, 6) is -1.73. The van der Waals surface area contributed by atoms with Gasteiger partial charge in [0.15, 0.2) is 0 Å². The molecule has 0 unspecified atom stereocenters. The van der Waals surface area contributed by atoms with Crippen molar-refractivity contribution in [3.63, 3.8) is 0 Å². The lowest BCUT2D eigenvalue weighted by Gasteiger charge is -2.10. The van der Waals surface area contributed by atoms with Crippen LogP contribution in [0.4, 0.5) is 10.1 Å². The molecule has 1 aromatic heterocycles. The second kappa shape index (κ2) is 5.93. The van der Waals surface area contributed by atoms with Crippen LogP contribution in [0.25, 0.3) is 11.0 Å². The largest absolute Gasteiger partial charge is 0.465 e. The van der Waals surface area contributed by atoms with Crippen LogP contribution in [-0.2, 0) is 14.8 Å². The highest BCUT2D eigenvalue weighted by Gasteiger charge is 2.22. The fraction of sp³-hybridized carbons (Fsp3) is 0.0667. The number of nitrogens with zero attached hydrogens (tertiary/aromatic N) is 1. The zero-order chi connectivity index (χ0) is 17.3. The van der Waals surface area contributed by atoms with E-state index in [-0.39, 0.29) is 11.3 Å². The van der Waals surface area contributed by atoms with Crippen LogP contribution in [0.1, 0.15) is 10.4 Å². The molecule has 0 aliphatic rings. The lowest BCUT2D eigenvalue weighted by Crippen LogP contribution is -2.15. The number of esters is 1. The Hall–Kier alpha value is -2.94. The summed E-state index contributed by atoms with van der Waals surface area (Å²) in [4.78, 5) is 17.7. The molecule has 0 saturated heterocycles. The average Bonchev–Trinajstić information content (AvgIpc) is 3.01. The third kappa shape index (κ3) is 2.93. The van der Waals surface area contributed by atoms with E-state index >= 15 is 0 Å². The van der Waals surface area contributed by atoms with Crippen LogP contribution in [0, 0.1) is 5.82 Å². The predicted molar refractivity (Wildman–Crippen MR) is 84.6 cm³/mol.